The van der Waals surface area contributed by atoms with Crippen LogP contribution in [0, 0.1) is 5.82 Å². The fourth-order valence-electron chi connectivity index (χ4n) is 3.39. The van der Waals surface area contributed by atoms with Crippen molar-refractivity contribution in [2.45, 2.75) is 6.54 Å². The predicted molar refractivity (Wildman–Crippen MR) is 137 cm³/mol. The number of halogens is 2. The van der Waals surface area contributed by atoms with E-state index in [9.17, 15) is 18.8 Å². The van der Waals surface area contributed by atoms with Gasteiger partial charge in [-0.15, -0.1) is 0 Å². The number of amides is 2. The van der Waals surface area contributed by atoms with Crippen molar-refractivity contribution in [1.29, 1.82) is 0 Å². The van der Waals surface area contributed by atoms with Gasteiger partial charge in [0.05, 0.1) is 35.7 Å². The first kappa shape index (κ1) is 25.5. The molecule has 0 bridgehead atoms. The Morgan fingerprint density at radius 2 is 1.78 bits per heavy atom. The van der Waals surface area contributed by atoms with Gasteiger partial charge < -0.3 is 14.2 Å². The maximum atomic E-state index is 14.0. The Labute approximate surface area is 219 Å². The molecule has 0 spiro atoms. The third-order valence-electron chi connectivity index (χ3n) is 5.23. The molecule has 1 heterocycles. The van der Waals surface area contributed by atoms with E-state index in [1.54, 1.807) is 42.5 Å². The number of thioether (sulfide) groups is 1. The number of hydrogen-bond acceptors (Lipinski definition) is 7. The second-order valence-electron chi connectivity index (χ2n) is 7.51. The van der Waals surface area contributed by atoms with Crippen molar-refractivity contribution in [3.8, 4) is 17.2 Å². The van der Waals surface area contributed by atoms with E-state index in [0.29, 0.717) is 21.3 Å². The van der Waals surface area contributed by atoms with Gasteiger partial charge in [0, 0.05) is 5.56 Å². The van der Waals surface area contributed by atoms with Crippen LogP contribution in [0.1, 0.15) is 21.5 Å². The highest BCUT2D eigenvalue weighted by Crippen LogP contribution is 2.40. The standard InChI is InChI=1S/C26H19BrFNO6S/c1-33-18-9-7-16(8-10-18)25(31)35-23-19(27)11-15(12-21(23)34-2)13-22-24(30)29(26(32)36-22)14-17-5-3-4-6-20(17)28/h3-13H,14H2,1-2H3/b22-13-. The third-order valence-corrected chi connectivity index (χ3v) is 6.73. The van der Waals surface area contributed by atoms with Gasteiger partial charge in [0.2, 0.25) is 0 Å². The summed E-state index contributed by atoms with van der Waals surface area (Å²) < 4.78 is 30.4. The number of hydrogen-bond donors (Lipinski definition) is 0. The average Bonchev–Trinajstić information content (AvgIpc) is 3.13. The minimum absolute atomic E-state index is 0.156. The molecule has 0 atom stereocenters. The van der Waals surface area contributed by atoms with Gasteiger partial charge in [-0.2, -0.15) is 0 Å². The monoisotopic (exact) mass is 571 g/mol. The highest BCUT2D eigenvalue weighted by molar-refractivity contribution is 9.10. The van der Waals surface area contributed by atoms with Crippen molar-refractivity contribution >= 4 is 50.9 Å². The first-order chi connectivity index (χ1) is 17.3. The smallest absolute Gasteiger partial charge is 0.343 e. The molecule has 0 saturated carbocycles. The number of imide groups is 1. The van der Waals surface area contributed by atoms with Crippen LogP contribution in [-0.4, -0.2) is 36.2 Å². The molecule has 1 saturated heterocycles. The summed E-state index contributed by atoms with van der Waals surface area (Å²) in [6.45, 7) is -0.165. The average molecular weight is 572 g/mol. The maximum absolute atomic E-state index is 14.0. The SMILES string of the molecule is COc1ccc(C(=O)Oc2c(Br)cc(/C=C3\SC(=O)N(Cc4ccccc4F)C3=O)cc2OC)cc1. The maximum Gasteiger partial charge on any atom is 0.343 e. The molecule has 7 nitrogen and oxygen atoms in total. The summed E-state index contributed by atoms with van der Waals surface area (Å²) in [7, 11) is 2.94. The lowest BCUT2D eigenvalue weighted by atomic mass is 10.1. The minimum Gasteiger partial charge on any atom is -0.497 e. The number of methoxy groups -OCH3 is 2. The number of benzene rings is 3. The molecule has 1 aliphatic heterocycles. The first-order valence-corrected chi connectivity index (χ1v) is 12.1. The molecule has 0 N–H and O–H groups in total. The lowest BCUT2D eigenvalue weighted by molar-refractivity contribution is -0.123. The Bertz CT molecular complexity index is 1380. The summed E-state index contributed by atoms with van der Waals surface area (Å²) in [6.07, 6.45) is 1.52. The Balaban J connectivity index is 1.55. The van der Waals surface area contributed by atoms with Crippen LogP contribution < -0.4 is 14.2 Å². The van der Waals surface area contributed by atoms with Gasteiger partial charge in [0.1, 0.15) is 11.6 Å². The predicted octanol–water partition coefficient (Wildman–Crippen LogP) is 6.06. The van der Waals surface area contributed by atoms with Crippen LogP contribution in [-0.2, 0) is 11.3 Å². The first-order valence-electron chi connectivity index (χ1n) is 10.5. The molecule has 184 valence electrons. The minimum atomic E-state index is -0.598. The molecule has 36 heavy (non-hydrogen) atoms. The van der Waals surface area contributed by atoms with Crippen molar-refractivity contribution in [2.24, 2.45) is 0 Å². The van der Waals surface area contributed by atoms with Crippen molar-refractivity contribution in [1.82, 2.24) is 4.90 Å². The second-order valence-corrected chi connectivity index (χ2v) is 9.36. The lowest BCUT2D eigenvalue weighted by Crippen LogP contribution is -2.27. The Hall–Kier alpha value is -3.63. The van der Waals surface area contributed by atoms with E-state index in [2.05, 4.69) is 15.9 Å². The van der Waals surface area contributed by atoms with Crippen LogP contribution in [0.3, 0.4) is 0 Å². The van der Waals surface area contributed by atoms with Gasteiger partial charge in [0.15, 0.2) is 11.5 Å². The van der Waals surface area contributed by atoms with Crippen LogP contribution in [0.15, 0.2) is 70.0 Å². The van der Waals surface area contributed by atoms with Gasteiger partial charge in [-0.3, -0.25) is 14.5 Å². The Morgan fingerprint density at radius 3 is 2.44 bits per heavy atom. The van der Waals surface area contributed by atoms with Crippen molar-refractivity contribution < 1.29 is 33.0 Å². The van der Waals surface area contributed by atoms with Crippen molar-refractivity contribution in [2.75, 3.05) is 14.2 Å². The van der Waals surface area contributed by atoms with E-state index in [4.69, 9.17) is 14.2 Å². The zero-order valence-corrected chi connectivity index (χ0v) is 21.5. The van der Waals surface area contributed by atoms with Crippen molar-refractivity contribution in [3.05, 3.63) is 92.5 Å². The molecule has 3 aromatic rings. The molecule has 0 aliphatic carbocycles. The van der Waals surface area contributed by atoms with E-state index in [-0.39, 0.29) is 28.5 Å². The fourth-order valence-corrected chi connectivity index (χ4v) is 4.76. The summed E-state index contributed by atoms with van der Waals surface area (Å²) in [4.78, 5) is 39.1. The summed E-state index contributed by atoms with van der Waals surface area (Å²) in [5.41, 5.74) is 1.09. The van der Waals surface area contributed by atoms with E-state index < -0.39 is 22.9 Å². The summed E-state index contributed by atoms with van der Waals surface area (Å²) in [5, 5.41) is -0.495. The molecule has 4 rings (SSSR count). The van der Waals surface area contributed by atoms with Gasteiger partial charge in [-0.05, 0) is 81.8 Å². The van der Waals surface area contributed by atoms with E-state index in [0.717, 1.165) is 16.7 Å². The van der Waals surface area contributed by atoms with E-state index >= 15 is 0 Å². The molecule has 1 fully saturated rings. The van der Waals surface area contributed by atoms with E-state index in [1.807, 2.05) is 0 Å². The molecule has 1 aliphatic rings. The second kappa shape index (κ2) is 11.0. The molecule has 3 aromatic carbocycles. The normalized spacial score (nSPS) is 14.3. The highest BCUT2D eigenvalue weighted by Gasteiger charge is 2.35. The third kappa shape index (κ3) is 5.44. The van der Waals surface area contributed by atoms with Gasteiger partial charge >= 0.3 is 5.97 Å². The van der Waals surface area contributed by atoms with Crippen LogP contribution >= 0.6 is 27.7 Å². The lowest BCUT2D eigenvalue weighted by Gasteiger charge is -2.13. The molecule has 0 aromatic heterocycles. The van der Waals surface area contributed by atoms with Crippen LogP contribution in [0.4, 0.5) is 9.18 Å². The zero-order chi connectivity index (χ0) is 25.8. The zero-order valence-electron chi connectivity index (χ0n) is 19.1. The number of carbonyl (C=O) groups excluding carboxylic acids is 3. The summed E-state index contributed by atoms with van der Waals surface area (Å²) in [5.74, 6) is -0.620. The molecular formula is C26H19BrFNO6S. The number of ether oxygens (including phenoxy) is 3. The number of carbonyl (C=O) groups is 3. The molecule has 2 amide bonds. The molecular weight excluding hydrogens is 553 g/mol. The van der Waals surface area contributed by atoms with E-state index in [1.165, 1.54) is 38.5 Å². The number of rotatable bonds is 7. The topological polar surface area (TPSA) is 82.1 Å². The number of nitrogens with zero attached hydrogens (tertiary/aromatic N) is 1. The fraction of sp³-hybridized carbons (Fsp3) is 0.115. The molecule has 10 heteroatoms. The Kier molecular flexibility index (Phi) is 7.76. The number of esters is 1. The van der Waals surface area contributed by atoms with Gasteiger partial charge in [0.25, 0.3) is 11.1 Å². The van der Waals surface area contributed by atoms with Crippen LogP contribution in [0.2, 0.25) is 0 Å². The quantitative estimate of drug-likeness (QED) is 0.193. The van der Waals surface area contributed by atoms with Gasteiger partial charge in [-0.1, -0.05) is 18.2 Å². The molecule has 0 radical (unpaired) electrons. The largest absolute Gasteiger partial charge is 0.497 e. The molecule has 0 unspecified atom stereocenters. The van der Waals surface area contributed by atoms with Crippen molar-refractivity contribution in [3.63, 3.8) is 0 Å². The summed E-state index contributed by atoms with van der Waals surface area (Å²) in [6, 6.07) is 15.6. The Morgan fingerprint density at radius 1 is 1.06 bits per heavy atom. The highest BCUT2D eigenvalue weighted by atomic mass is 79.9. The van der Waals surface area contributed by atoms with Crippen LogP contribution in [0.25, 0.3) is 6.08 Å². The summed E-state index contributed by atoms with van der Waals surface area (Å²) >= 11 is 4.15. The van der Waals surface area contributed by atoms with Gasteiger partial charge in [-0.25, -0.2) is 9.18 Å². The van der Waals surface area contributed by atoms with Crippen LogP contribution in [0.5, 0.6) is 17.2 Å².